The maximum Gasteiger partial charge on any atom is 0.336 e. The van der Waals surface area contributed by atoms with Crippen molar-refractivity contribution in [3.8, 4) is 0 Å². The molecule has 1 aromatic heterocycles. The number of hydrogen-bond acceptors (Lipinski definition) is 7. The topological polar surface area (TPSA) is 89.9 Å². The van der Waals surface area contributed by atoms with Gasteiger partial charge in [-0.25, -0.2) is 4.79 Å². The largest absolute Gasteiger partial charge is 0.468 e. The number of nitrogens with one attached hydrogen (secondary N) is 1. The van der Waals surface area contributed by atoms with E-state index in [4.69, 9.17) is 49.3 Å². The first-order valence-corrected chi connectivity index (χ1v) is 16.1. The van der Waals surface area contributed by atoms with Crippen molar-refractivity contribution in [1.29, 1.82) is 0 Å². The molecule has 44 heavy (non-hydrogen) atoms. The molecule has 232 valence electrons. The third-order valence-electron chi connectivity index (χ3n) is 8.40. The maximum atomic E-state index is 13.5. The average Bonchev–Trinajstić information content (AvgIpc) is 3.00. The number of aryl methyl sites for hydroxylation is 1. The van der Waals surface area contributed by atoms with E-state index in [9.17, 15) is 9.59 Å². The van der Waals surface area contributed by atoms with E-state index in [1.807, 2.05) is 18.2 Å². The number of ether oxygens (including phenoxy) is 2. The number of aromatic nitrogens is 1. The van der Waals surface area contributed by atoms with Crippen LogP contribution in [0.3, 0.4) is 0 Å². The van der Waals surface area contributed by atoms with Crippen LogP contribution in [0, 0.1) is 5.92 Å². The molecule has 1 aliphatic heterocycles. The fraction of sp³-hybridized carbons (Fsp3) is 0.412. The fourth-order valence-corrected chi connectivity index (χ4v) is 6.88. The summed E-state index contributed by atoms with van der Waals surface area (Å²) in [7, 11) is 1.31. The molecular formula is C34H36Cl3N3O4. The van der Waals surface area contributed by atoms with Crippen LogP contribution in [0.2, 0.25) is 15.1 Å². The molecule has 5 rings (SSSR count). The Morgan fingerprint density at radius 3 is 2.61 bits per heavy atom. The minimum atomic E-state index is -0.834. The van der Waals surface area contributed by atoms with Crippen LogP contribution in [0.4, 0.5) is 5.69 Å². The molecule has 0 bridgehead atoms. The van der Waals surface area contributed by atoms with E-state index in [0.29, 0.717) is 33.4 Å². The van der Waals surface area contributed by atoms with E-state index in [-0.39, 0.29) is 17.2 Å². The van der Waals surface area contributed by atoms with Gasteiger partial charge in [0.25, 0.3) is 0 Å². The highest BCUT2D eigenvalue weighted by Crippen LogP contribution is 2.44. The molecule has 1 aliphatic carbocycles. The van der Waals surface area contributed by atoms with Crippen LogP contribution in [0.5, 0.6) is 0 Å². The summed E-state index contributed by atoms with van der Waals surface area (Å²) in [4.78, 5) is 35.8. The number of carbonyl (C=O) groups excluding carboxylic acids is 2. The molecule has 2 unspecified atom stereocenters. The normalized spacial score (nSPS) is 18.1. The predicted molar refractivity (Wildman–Crippen MR) is 177 cm³/mol. The number of benzene rings is 2. The van der Waals surface area contributed by atoms with Crippen molar-refractivity contribution in [3.05, 3.63) is 79.6 Å². The van der Waals surface area contributed by atoms with E-state index < -0.39 is 23.8 Å². The lowest BCUT2D eigenvalue weighted by Crippen LogP contribution is -2.36. The Kier molecular flexibility index (Phi) is 10.5. The number of unbranched alkanes of at least 4 members (excludes halogenated alkanes) is 2. The average molecular weight is 657 g/mol. The van der Waals surface area contributed by atoms with Gasteiger partial charge in [-0.1, -0.05) is 46.9 Å². The summed E-state index contributed by atoms with van der Waals surface area (Å²) in [6.07, 6.45) is 6.79. The number of pyridine rings is 1. The molecule has 2 heterocycles. The molecule has 3 aromatic rings. The van der Waals surface area contributed by atoms with Crippen molar-refractivity contribution in [1.82, 2.24) is 4.98 Å². The lowest BCUT2D eigenvalue weighted by Gasteiger charge is -2.32. The van der Waals surface area contributed by atoms with Gasteiger partial charge in [-0.3, -0.25) is 14.8 Å². The summed E-state index contributed by atoms with van der Waals surface area (Å²) in [5.41, 5.74) is 6.41. The van der Waals surface area contributed by atoms with Crippen LogP contribution in [-0.4, -0.2) is 42.9 Å². The second kappa shape index (κ2) is 14.3. The van der Waals surface area contributed by atoms with Gasteiger partial charge >= 0.3 is 11.9 Å². The quantitative estimate of drug-likeness (QED) is 0.174. The van der Waals surface area contributed by atoms with Gasteiger partial charge in [-0.15, -0.1) is 0 Å². The lowest BCUT2D eigenvalue weighted by atomic mass is 9.75. The van der Waals surface area contributed by atoms with Gasteiger partial charge in [0.05, 0.1) is 34.9 Å². The molecule has 0 saturated carbocycles. The smallest absolute Gasteiger partial charge is 0.336 e. The zero-order chi connectivity index (χ0) is 31.4. The van der Waals surface area contributed by atoms with Crippen LogP contribution >= 0.6 is 34.8 Å². The Bertz CT molecular complexity index is 1650. The van der Waals surface area contributed by atoms with Gasteiger partial charge in [0.15, 0.2) is 0 Å². The van der Waals surface area contributed by atoms with Gasteiger partial charge in [0.2, 0.25) is 0 Å². The molecule has 1 N–H and O–H groups in total. The maximum absolute atomic E-state index is 13.5. The Morgan fingerprint density at radius 1 is 1.02 bits per heavy atom. The summed E-state index contributed by atoms with van der Waals surface area (Å²) in [5.74, 6) is -2.61. The highest BCUT2D eigenvalue weighted by Gasteiger charge is 2.43. The Morgan fingerprint density at radius 2 is 1.82 bits per heavy atom. The van der Waals surface area contributed by atoms with Crippen molar-refractivity contribution >= 4 is 69.0 Å². The standard InChI is InChI=1S/C34H36Cl3N3O4/c1-19-28(33(41)43-3)30(24-11-9-12-25(36)31(24)37)29(20(2)39-19)34(42)44-17-8-4-7-16-38-32-22-10-5-6-13-26(22)40-27-18-21(35)14-15-23(27)32/h9,11-12,14-15,18,28,30H,4-8,10,13,16-17H2,1-3H3,(H,38,40). The molecule has 7 nitrogen and oxygen atoms in total. The van der Waals surface area contributed by atoms with Crippen molar-refractivity contribution < 1.29 is 19.1 Å². The van der Waals surface area contributed by atoms with Crippen molar-refractivity contribution in [3.63, 3.8) is 0 Å². The number of anilines is 1. The van der Waals surface area contributed by atoms with Crippen molar-refractivity contribution in [2.45, 2.75) is 64.7 Å². The third-order valence-corrected chi connectivity index (χ3v) is 9.47. The minimum Gasteiger partial charge on any atom is -0.468 e. The number of methoxy groups -OCH3 is 1. The first kappa shape index (κ1) is 32.3. The van der Waals surface area contributed by atoms with Crippen LogP contribution in [0.25, 0.3) is 10.9 Å². The summed E-state index contributed by atoms with van der Waals surface area (Å²) >= 11 is 19.2. The number of esters is 2. The molecule has 0 radical (unpaired) electrons. The monoisotopic (exact) mass is 655 g/mol. The zero-order valence-electron chi connectivity index (χ0n) is 25.1. The number of rotatable bonds is 10. The van der Waals surface area contributed by atoms with E-state index in [1.165, 1.54) is 24.8 Å². The van der Waals surface area contributed by atoms with E-state index in [2.05, 4.69) is 10.3 Å². The zero-order valence-corrected chi connectivity index (χ0v) is 27.4. The molecule has 2 aliphatic rings. The van der Waals surface area contributed by atoms with Crippen molar-refractivity contribution in [2.75, 3.05) is 25.6 Å². The van der Waals surface area contributed by atoms with Gasteiger partial charge in [-0.05, 0) is 94.2 Å². The van der Waals surface area contributed by atoms with Gasteiger partial charge < -0.3 is 14.8 Å². The summed E-state index contributed by atoms with van der Waals surface area (Å²) < 4.78 is 10.8. The van der Waals surface area contributed by atoms with E-state index >= 15 is 0 Å². The number of halogens is 3. The molecule has 0 amide bonds. The Labute approximate surface area is 273 Å². The Hall–Kier alpha value is -3.13. The van der Waals surface area contributed by atoms with Gasteiger partial charge in [0, 0.05) is 45.7 Å². The first-order valence-electron chi connectivity index (χ1n) is 15.0. The highest BCUT2D eigenvalue weighted by atomic mass is 35.5. The molecular weight excluding hydrogens is 621 g/mol. The number of allylic oxidation sites excluding steroid dienone is 1. The summed E-state index contributed by atoms with van der Waals surface area (Å²) in [5, 5.41) is 6.06. The number of nitrogens with zero attached hydrogens (tertiary/aromatic N) is 2. The van der Waals surface area contributed by atoms with Crippen LogP contribution in [0.15, 0.2) is 52.7 Å². The number of hydrogen-bond donors (Lipinski definition) is 1. The molecule has 10 heteroatoms. The van der Waals surface area contributed by atoms with Crippen LogP contribution in [-0.2, 0) is 31.9 Å². The number of carbonyl (C=O) groups is 2. The van der Waals surface area contributed by atoms with E-state index in [1.54, 1.807) is 32.0 Å². The molecule has 2 atom stereocenters. The second-order valence-corrected chi connectivity index (χ2v) is 12.5. The lowest BCUT2D eigenvalue weighted by molar-refractivity contribution is -0.144. The SMILES string of the molecule is COC(=O)C1C(C)=NC(C)=C(C(=O)OCCCCCNc2c3c(nc4cc(Cl)ccc24)CCCC3)C1c1cccc(Cl)c1Cl. The predicted octanol–water partition coefficient (Wildman–Crippen LogP) is 8.52. The fourth-order valence-electron chi connectivity index (χ4n) is 6.29. The van der Waals surface area contributed by atoms with E-state index in [0.717, 1.165) is 55.2 Å². The Balaban J connectivity index is 1.22. The molecule has 0 saturated heterocycles. The summed E-state index contributed by atoms with van der Waals surface area (Å²) in [6.45, 7) is 4.51. The first-order chi connectivity index (χ1) is 21.2. The van der Waals surface area contributed by atoms with Crippen LogP contribution in [0.1, 0.15) is 68.7 Å². The second-order valence-electron chi connectivity index (χ2n) is 11.3. The molecule has 0 spiro atoms. The van der Waals surface area contributed by atoms with Crippen molar-refractivity contribution in [2.24, 2.45) is 10.9 Å². The number of aliphatic imine (C=N–C) groups is 1. The highest BCUT2D eigenvalue weighted by molar-refractivity contribution is 6.42. The molecule has 2 aromatic carbocycles. The minimum absolute atomic E-state index is 0.239. The number of fused-ring (bicyclic) bond motifs is 2. The third kappa shape index (κ3) is 6.75. The van der Waals surface area contributed by atoms with Gasteiger partial charge in [-0.2, -0.15) is 0 Å². The van der Waals surface area contributed by atoms with Gasteiger partial charge in [0.1, 0.15) is 5.92 Å². The molecule has 0 fully saturated rings. The van der Waals surface area contributed by atoms with Crippen LogP contribution < -0.4 is 5.32 Å². The summed E-state index contributed by atoms with van der Waals surface area (Å²) in [6, 6.07) is 11.1.